The Hall–Kier alpha value is 1.29. The fourth-order valence-corrected chi connectivity index (χ4v) is 12.1. The third-order valence-corrected chi connectivity index (χ3v) is 18.0. The van der Waals surface area contributed by atoms with Crippen LogP contribution in [0.15, 0.2) is 0 Å². The van der Waals surface area contributed by atoms with Crippen LogP contribution >= 0.6 is 30.4 Å². The molecule has 12 nitrogen and oxygen atoms in total. The van der Waals surface area contributed by atoms with E-state index in [9.17, 15) is 37.8 Å². The van der Waals surface area contributed by atoms with Gasteiger partial charge in [0.2, 0.25) is 0 Å². The molecular formula is C56H120MoO12P4. The predicted molar refractivity (Wildman–Crippen MR) is 304 cm³/mol. The molecule has 0 aliphatic rings. The Morgan fingerprint density at radius 3 is 0.479 bits per heavy atom. The molecule has 73 heavy (non-hydrogen) atoms. The number of unbranched alkanes of at least 4 members (excludes halogenated alkanes) is 32. The van der Waals surface area contributed by atoms with Crippen molar-refractivity contribution < 1.29 is 77.0 Å². The molecule has 0 aliphatic heterocycles. The normalized spacial score (nSPS) is 14.4. The first-order chi connectivity index (χ1) is 34.5. The van der Waals surface area contributed by atoms with Crippen LogP contribution < -0.4 is 19.6 Å². The molecule has 442 valence electrons. The molecule has 0 saturated heterocycles. The van der Waals surface area contributed by atoms with Gasteiger partial charge in [0.05, 0.1) is 26.4 Å². The monoisotopic (exact) mass is 1210 g/mol. The van der Waals surface area contributed by atoms with E-state index in [1.54, 1.807) is 0 Å². The summed E-state index contributed by atoms with van der Waals surface area (Å²) in [6, 6.07) is 0. The van der Waals surface area contributed by atoms with Crippen molar-refractivity contribution in [2.45, 2.75) is 312 Å². The van der Waals surface area contributed by atoms with Crippen molar-refractivity contribution in [2.75, 3.05) is 51.1 Å². The molecular weight excluding hydrogens is 1080 g/mol. The second-order valence-electron chi connectivity index (χ2n) is 20.0. The summed E-state index contributed by atoms with van der Waals surface area (Å²) in [4.78, 5) is 46.2. The van der Waals surface area contributed by atoms with Crippen LogP contribution in [0.25, 0.3) is 0 Å². The van der Waals surface area contributed by atoms with Crippen molar-refractivity contribution in [3.05, 3.63) is 0 Å². The zero-order valence-corrected chi connectivity index (χ0v) is 54.6. The molecule has 0 fully saturated rings. The van der Waals surface area contributed by atoms with Crippen molar-refractivity contribution in [3.8, 4) is 0 Å². The Labute approximate surface area is 468 Å². The zero-order chi connectivity index (χ0) is 54.8. The van der Waals surface area contributed by atoms with E-state index in [0.29, 0.717) is 26.4 Å². The quantitative estimate of drug-likeness (QED) is 0.0318. The second-order valence-corrected chi connectivity index (χ2v) is 27.7. The first-order valence-corrected chi connectivity index (χ1v) is 37.2. The summed E-state index contributed by atoms with van der Waals surface area (Å²) in [7, 11) is -14.2. The summed E-state index contributed by atoms with van der Waals surface area (Å²) >= 11 is 0. The molecule has 0 aromatic carbocycles. The minimum Gasteiger partial charge on any atom is -0.778 e. The molecule has 0 N–H and O–H groups in total. The minimum absolute atomic E-state index is 0. The van der Waals surface area contributed by atoms with Crippen molar-refractivity contribution >= 4 is 30.4 Å². The molecule has 0 heterocycles. The average Bonchev–Trinajstić information content (AvgIpc) is 3.33. The molecule has 17 heteroatoms. The maximum absolute atomic E-state index is 11.6. The SMILES string of the molecule is CCCCCCCOP(=O)([O-])CCCCCCC.CCCCCCCOP(=O)([O-])CCCCCCC.CCCCCCCOP(=O)([O-])CCCCCCC.CCCCCCCOP(=O)([O-])CCCCCCC.[Mo+4]. The standard InChI is InChI=1S/4C14H31O3P.Mo/c4*1-3-5-7-9-11-13-17-18(15,16)14-12-10-8-6-4-2;/h4*3-14H2,1-2H3,(H,15,16);/q;;;;+4/p-4. The Kier molecular flexibility index (Phi) is 73.0. The molecule has 0 rings (SSSR count). The first-order valence-electron chi connectivity index (χ1n) is 30.3. The van der Waals surface area contributed by atoms with E-state index in [2.05, 4.69) is 55.4 Å². The molecule has 0 amide bonds. The van der Waals surface area contributed by atoms with Crippen LogP contribution in [0.2, 0.25) is 0 Å². The van der Waals surface area contributed by atoms with E-state index in [0.717, 1.165) is 128 Å². The Bertz CT molecular complexity index is 1070. The van der Waals surface area contributed by atoms with Gasteiger partial charge in [0.25, 0.3) is 0 Å². The van der Waals surface area contributed by atoms with Gasteiger partial charge in [-0.2, -0.15) is 0 Å². The Balaban J connectivity index is -0.000000280. The molecule has 0 saturated carbocycles. The Morgan fingerprint density at radius 2 is 0.342 bits per heavy atom. The van der Waals surface area contributed by atoms with Gasteiger partial charge in [-0.05, 0) is 51.4 Å². The largest absolute Gasteiger partial charge is 4.00 e. The molecule has 4 unspecified atom stereocenters. The second kappa shape index (κ2) is 64.1. The van der Waals surface area contributed by atoms with Crippen LogP contribution in [0, 0.1) is 0 Å². The van der Waals surface area contributed by atoms with Gasteiger partial charge in [-0.1, -0.05) is 261 Å². The van der Waals surface area contributed by atoms with E-state index in [4.69, 9.17) is 18.1 Å². The van der Waals surface area contributed by atoms with Gasteiger partial charge < -0.3 is 55.9 Å². The molecule has 0 spiro atoms. The van der Waals surface area contributed by atoms with E-state index in [-0.39, 0.29) is 45.7 Å². The topological polar surface area (TPSA) is 197 Å². The summed E-state index contributed by atoms with van der Waals surface area (Å²) in [5.41, 5.74) is 0. The van der Waals surface area contributed by atoms with Crippen molar-refractivity contribution in [3.63, 3.8) is 0 Å². The van der Waals surface area contributed by atoms with Crippen LogP contribution in [-0.2, 0) is 57.4 Å². The molecule has 0 aromatic heterocycles. The number of rotatable bonds is 52. The zero-order valence-electron chi connectivity index (χ0n) is 49.0. The van der Waals surface area contributed by atoms with Gasteiger partial charge in [-0.3, -0.25) is 0 Å². The van der Waals surface area contributed by atoms with Gasteiger partial charge in [-0.25, -0.2) is 0 Å². The van der Waals surface area contributed by atoms with E-state index >= 15 is 0 Å². The van der Waals surface area contributed by atoms with Gasteiger partial charge >= 0.3 is 21.1 Å². The molecule has 0 bridgehead atoms. The first kappa shape index (κ1) is 83.1. The van der Waals surface area contributed by atoms with Crippen molar-refractivity contribution in [1.82, 2.24) is 0 Å². The fraction of sp³-hybridized carbons (Fsp3) is 1.00. The van der Waals surface area contributed by atoms with Crippen molar-refractivity contribution in [1.29, 1.82) is 0 Å². The predicted octanol–water partition coefficient (Wildman–Crippen LogP) is 18.0. The van der Waals surface area contributed by atoms with Gasteiger partial charge in [0.15, 0.2) is 0 Å². The molecule has 4 atom stereocenters. The summed E-state index contributed by atoms with van der Waals surface area (Å²) in [5, 5.41) is 0. The number of hydrogen-bond donors (Lipinski definition) is 0. The molecule has 0 aliphatic carbocycles. The van der Waals surface area contributed by atoms with Crippen molar-refractivity contribution in [2.24, 2.45) is 0 Å². The van der Waals surface area contributed by atoms with Gasteiger partial charge in [-0.15, -0.1) is 0 Å². The molecule has 0 aromatic rings. The smallest absolute Gasteiger partial charge is 0.778 e. The summed E-state index contributed by atoms with van der Waals surface area (Å²) in [6.07, 6.45) is 44.1. The third-order valence-electron chi connectivity index (χ3n) is 12.3. The average molecular weight is 1210 g/mol. The minimum atomic E-state index is -3.55. The Morgan fingerprint density at radius 1 is 0.219 bits per heavy atom. The van der Waals surface area contributed by atoms with Gasteiger partial charge in [0, 0.05) is 24.6 Å². The third kappa shape index (κ3) is 77.6. The van der Waals surface area contributed by atoms with E-state index < -0.39 is 30.4 Å². The van der Waals surface area contributed by atoms with E-state index in [1.165, 1.54) is 128 Å². The van der Waals surface area contributed by atoms with Gasteiger partial charge in [0.1, 0.15) is 30.4 Å². The van der Waals surface area contributed by atoms with Crippen LogP contribution in [0.1, 0.15) is 312 Å². The summed E-state index contributed by atoms with van der Waals surface area (Å²) in [5.74, 6) is 0. The van der Waals surface area contributed by atoms with Crippen LogP contribution in [0.3, 0.4) is 0 Å². The summed E-state index contributed by atoms with van der Waals surface area (Å²) < 4.78 is 66.3. The molecule has 0 radical (unpaired) electrons. The number of hydrogen-bond acceptors (Lipinski definition) is 12. The van der Waals surface area contributed by atoms with E-state index in [1.807, 2.05) is 0 Å². The maximum atomic E-state index is 11.6. The fourth-order valence-electron chi connectivity index (χ4n) is 7.53. The van der Waals surface area contributed by atoms with Crippen LogP contribution in [0.4, 0.5) is 0 Å². The summed E-state index contributed by atoms with van der Waals surface area (Å²) in [6.45, 7) is 18.8. The maximum Gasteiger partial charge on any atom is 4.00 e. The van der Waals surface area contributed by atoms with Crippen LogP contribution in [-0.4, -0.2) is 51.1 Å². The van der Waals surface area contributed by atoms with Crippen LogP contribution in [0.5, 0.6) is 0 Å².